The number of nitrogens with zero attached hydrogens (tertiary/aromatic N) is 1. The minimum atomic E-state index is -0.465. The number of hydrogen-bond donors (Lipinski definition) is 2. The number of benzene rings is 2. The molecule has 0 aliphatic rings. The topological polar surface area (TPSA) is 58.4 Å². The molecule has 2 aromatic rings. The summed E-state index contributed by atoms with van der Waals surface area (Å²) in [5.74, 6) is -0.132. The monoisotopic (exact) mass is 383 g/mol. The number of nitrogens with two attached hydrogens (primary N) is 1. The van der Waals surface area contributed by atoms with Crippen LogP contribution in [0.15, 0.2) is 54.6 Å². The molecule has 0 aliphatic heterocycles. The summed E-state index contributed by atoms with van der Waals surface area (Å²) in [6, 6.07) is 17.6. The fourth-order valence-corrected chi connectivity index (χ4v) is 2.52. The molecule has 0 radical (unpaired) electrons. The lowest BCUT2D eigenvalue weighted by Crippen LogP contribution is -2.35. The third-order valence-corrected chi connectivity index (χ3v) is 3.77. The highest BCUT2D eigenvalue weighted by molar-refractivity contribution is 5.97. The lowest BCUT2D eigenvalue weighted by Gasteiger charge is -2.23. The molecule has 0 saturated carbocycles. The molecule has 138 valence electrons. The number of para-hydroxylation sites is 2. The van der Waals surface area contributed by atoms with Gasteiger partial charge in [0.2, 0.25) is 5.91 Å². The van der Waals surface area contributed by atoms with Gasteiger partial charge in [0, 0.05) is 13.6 Å². The van der Waals surface area contributed by atoms with Crippen LogP contribution in [0.25, 0.3) is 0 Å². The molecule has 0 bridgehead atoms. The highest BCUT2D eigenvalue weighted by atomic mass is 35.5. The van der Waals surface area contributed by atoms with Gasteiger partial charge in [-0.25, -0.2) is 0 Å². The van der Waals surface area contributed by atoms with Crippen molar-refractivity contribution in [3.63, 3.8) is 0 Å². The lowest BCUT2D eigenvalue weighted by molar-refractivity contribution is -0.117. The number of halogens is 2. The summed E-state index contributed by atoms with van der Waals surface area (Å²) in [5, 5.41) is 2.96. The van der Waals surface area contributed by atoms with Crippen LogP contribution in [0.4, 0.5) is 11.4 Å². The molecule has 0 aromatic heterocycles. The molecule has 0 aliphatic carbocycles. The Balaban J connectivity index is 0.00000288. The molecule has 1 amide bonds. The molecule has 25 heavy (non-hydrogen) atoms. The zero-order valence-corrected chi connectivity index (χ0v) is 16.3. The molecule has 0 spiro atoms. The van der Waals surface area contributed by atoms with Crippen LogP contribution in [-0.2, 0) is 11.3 Å². The van der Waals surface area contributed by atoms with E-state index >= 15 is 0 Å². The Morgan fingerprint density at radius 1 is 1.08 bits per heavy atom. The zero-order chi connectivity index (χ0) is 16.7. The summed E-state index contributed by atoms with van der Waals surface area (Å²) >= 11 is 0. The standard InChI is InChI=1S/C19H25N3O.2ClH/c1-3-9-16(20)19(23)21-17-12-7-8-13-18(17)22(2)14-15-10-5-4-6-11-15;;/h4-8,10-13,16H,3,9,14,20H2,1-2H3,(H,21,23);2*1H. The van der Waals surface area contributed by atoms with Gasteiger partial charge in [0.05, 0.1) is 17.4 Å². The van der Waals surface area contributed by atoms with E-state index in [1.165, 1.54) is 5.56 Å². The first-order valence-electron chi connectivity index (χ1n) is 8.02. The van der Waals surface area contributed by atoms with E-state index in [9.17, 15) is 4.79 Å². The second kappa shape index (κ2) is 11.7. The molecule has 1 unspecified atom stereocenters. The number of hydrogen-bond acceptors (Lipinski definition) is 3. The summed E-state index contributed by atoms with van der Waals surface area (Å²) in [6.45, 7) is 2.80. The van der Waals surface area contributed by atoms with Crippen molar-refractivity contribution in [3.8, 4) is 0 Å². The first-order valence-corrected chi connectivity index (χ1v) is 8.02. The van der Waals surface area contributed by atoms with Crippen LogP contribution in [-0.4, -0.2) is 19.0 Å². The Hall–Kier alpha value is -1.75. The maximum absolute atomic E-state index is 12.2. The van der Waals surface area contributed by atoms with E-state index in [4.69, 9.17) is 5.73 Å². The fraction of sp³-hybridized carbons (Fsp3) is 0.316. The van der Waals surface area contributed by atoms with Gasteiger partial charge in [-0.15, -0.1) is 24.8 Å². The molecule has 0 saturated heterocycles. The van der Waals surface area contributed by atoms with Crippen LogP contribution in [0.2, 0.25) is 0 Å². The highest BCUT2D eigenvalue weighted by Gasteiger charge is 2.15. The Kier molecular flexibility index (Phi) is 10.9. The van der Waals surface area contributed by atoms with Gasteiger partial charge >= 0.3 is 0 Å². The van der Waals surface area contributed by atoms with Gasteiger partial charge in [-0.1, -0.05) is 55.8 Å². The average molecular weight is 384 g/mol. The Labute approximate surface area is 162 Å². The van der Waals surface area contributed by atoms with E-state index < -0.39 is 6.04 Å². The first-order chi connectivity index (χ1) is 11.1. The van der Waals surface area contributed by atoms with Crippen molar-refractivity contribution in [1.82, 2.24) is 0 Å². The predicted molar refractivity (Wildman–Crippen MR) is 111 cm³/mol. The Bertz CT molecular complexity index is 638. The van der Waals surface area contributed by atoms with Gasteiger partial charge in [0.25, 0.3) is 0 Å². The van der Waals surface area contributed by atoms with Gasteiger partial charge < -0.3 is 16.0 Å². The number of nitrogens with one attached hydrogen (secondary N) is 1. The van der Waals surface area contributed by atoms with Crippen LogP contribution in [0.1, 0.15) is 25.3 Å². The first kappa shape index (κ1) is 23.2. The summed E-state index contributed by atoms with van der Waals surface area (Å²) in [5.41, 5.74) is 8.89. The molecule has 1 atom stereocenters. The van der Waals surface area contributed by atoms with Gasteiger partial charge in [-0.2, -0.15) is 0 Å². The molecule has 0 fully saturated rings. The molecular weight excluding hydrogens is 357 g/mol. The Morgan fingerprint density at radius 3 is 2.32 bits per heavy atom. The molecule has 4 nitrogen and oxygen atoms in total. The van der Waals surface area contributed by atoms with Crippen molar-refractivity contribution in [2.75, 3.05) is 17.3 Å². The maximum atomic E-state index is 12.2. The fourth-order valence-electron chi connectivity index (χ4n) is 2.52. The lowest BCUT2D eigenvalue weighted by atomic mass is 10.1. The van der Waals surface area contributed by atoms with Crippen LogP contribution >= 0.6 is 24.8 Å². The SMILES string of the molecule is CCCC(N)C(=O)Nc1ccccc1N(C)Cc1ccccc1.Cl.Cl. The van der Waals surface area contributed by atoms with E-state index in [0.29, 0.717) is 6.42 Å². The van der Waals surface area contributed by atoms with Crippen molar-refractivity contribution in [2.24, 2.45) is 5.73 Å². The third kappa shape index (κ3) is 6.94. The maximum Gasteiger partial charge on any atom is 0.241 e. The van der Waals surface area contributed by atoms with Crippen molar-refractivity contribution < 1.29 is 4.79 Å². The molecule has 0 heterocycles. The normalized spacial score (nSPS) is 10.8. The zero-order valence-electron chi connectivity index (χ0n) is 14.6. The quantitative estimate of drug-likeness (QED) is 0.751. The van der Waals surface area contributed by atoms with E-state index in [1.54, 1.807) is 0 Å². The van der Waals surface area contributed by atoms with E-state index in [1.807, 2.05) is 56.4 Å². The smallest absolute Gasteiger partial charge is 0.241 e. The van der Waals surface area contributed by atoms with Gasteiger partial charge in [0.15, 0.2) is 0 Å². The molecule has 2 aromatic carbocycles. The average Bonchev–Trinajstić information content (AvgIpc) is 2.56. The molecule has 2 rings (SSSR count). The largest absolute Gasteiger partial charge is 0.369 e. The van der Waals surface area contributed by atoms with Gasteiger partial charge in [-0.3, -0.25) is 4.79 Å². The van der Waals surface area contributed by atoms with Crippen LogP contribution in [0, 0.1) is 0 Å². The van der Waals surface area contributed by atoms with Gasteiger partial charge in [-0.05, 0) is 24.1 Å². The predicted octanol–water partition coefficient (Wildman–Crippen LogP) is 4.23. The number of amides is 1. The van der Waals surface area contributed by atoms with Crippen LogP contribution < -0.4 is 16.0 Å². The number of rotatable bonds is 7. The summed E-state index contributed by atoms with van der Waals surface area (Å²) in [7, 11) is 2.02. The third-order valence-electron chi connectivity index (χ3n) is 3.77. The van der Waals surface area contributed by atoms with Crippen molar-refractivity contribution in [3.05, 3.63) is 60.2 Å². The second-order valence-electron chi connectivity index (χ2n) is 5.74. The molecule has 3 N–H and O–H groups in total. The number of carbonyl (C=O) groups is 1. The van der Waals surface area contributed by atoms with E-state index in [0.717, 1.165) is 24.3 Å². The molecular formula is C19H27Cl2N3O. The van der Waals surface area contributed by atoms with Crippen molar-refractivity contribution in [2.45, 2.75) is 32.4 Å². The molecule has 6 heteroatoms. The van der Waals surface area contributed by atoms with Crippen LogP contribution in [0.3, 0.4) is 0 Å². The van der Waals surface area contributed by atoms with E-state index in [-0.39, 0.29) is 30.7 Å². The second-order valence-corrected chi connectivity index (χ2v) is 5.74. The minimum Gasteiger partial charge on any atom is -0.369 e. The van der Waals surface area contributed by atoms with E-state index in [2.05, 4.69) is 22.3 Å². The number of anilines is 2. The highest BCUT2D eigenvalue weighted by Crippen LogP contribution is 2.26. The van der Waals surface area contributed by atoms with Crippen LogP contribution in [0.5, 0.6) is 0 Å². The van der Waals surface area contributed by atoms with Crippen molar-refractivity contribution in [1.29, 1.82) is 0 Å². The summed E-state index contributed by atoms with van der Waals surface area (Å²) < 4.78 is 0. The van der Waals surface area contributed by atoms with Gasteiger partial charge in [0.1, 0.15) is 0 Å². The summed E-state index contributed by atoms with van der Waals surface area (Å²) in [6.07, 6.45) is 1.58. The summed E-state index contributed by atoms with van der Waals surface area (Å²) in [4.78, 5) is 14.3. The number of carbonyl (C=O) groups excluding carboxylic acids is 1. The Morgan fingerprint density at radius 2 is 1.68 bits per heavy atom. The van der Waals surface area contributed by atoms with Crippen molar-refractivity contribution >= 4 is 42.1 Å². The minimum absolute atomic E-state index is 0.